The quantitative estimate of drug-likeness (QED) is 0.712. The summed E-state index contributed by atoms with van der Waals surface area (Å²) in [6.07, 6.45) is 0.253. The molecule has 1 heterocycles. The first-order chi connectivity index (χ1) is 12.5. The highest BCUT2D eigenvalue weighted by Crippen LogP contribution is 2.31. The Labute approximate surface area is 153 Å². The van der Waals surface area contributed by atoms with Gasteiger partial charge in [-0.1, -0.05) is 30.3 Å². The third-order valence-corrected chi connectivity index (χ3v) is 4.28. The molecule has 2 amide bonds. The zero-order valence-electron chi connectivity index (χ0n) is 14.0. The summed E-state index contributed by atoms with van der Waals surface area (Å²) in [4.78, 5) is 27.8. The number of thiazole rings is 1. The van der Waals surface area contributed by atoms with Crippen molar-refractivity contribution in [3.8, 4) is 11.3 Å². The van der Waals surface area contributed by atoms with E-state index in [1.165, 1.54) is 30.4 Å². The summed E-state index contributed by atoms with van der Waals surface area (Å²) >= 11 is 1.27. The molecular formula is C19H16FN3O2S. The van der Waals surface area contributed by atoms with E-state index in [0.717, 1.165) is 5.56 Å². The van der Waals surface area contributed by atoms with Gasteiger partial charge >= 0.3 is 0 Å². The molecule has 2 aromatic carbocycles. The molecule has 0 radical (unpaired) electrons. The Bertz CT molecular complexity index is 941. The lowest BCUT2D eigenvalue weighted by Gasteiger charge is -2.08. The van der Waals surface area contributed by atoms with Gasteiger partial charge in [-0.2, -0.15) is 0 Å². The van der Waals surface area contributed by atoms with Crippen molar-refractivity contribution in [3.63, 3.8) is 0 Å². The van der Waals surface area contributed by atoms with Crippen molar-refractivity contribution in [3.05, 3.63) is 65.3 Å². The first-order valence-corrected chi connectivity index (χ1v) is 8.76. The lowest BCUT2D eigenvalue weighted by molar-refractivity contribution is -0.116. The zero-order valence-corrected chi connectivity index (χ0v) is 14.8. The number of halogens is 1. The van der Waals surface area contributed by atoms with Crippen LogP contribution in [-0.2, 0) is 16.0 Å². The van der Waals surface area contributed by atoms with E-state index in [1.807, 2.05) is 30.3 Å². The summed E-state index contributed by atoms with van der Waals surface area (Å²) in [7, 11) is 0. The SMILES string of the molecule is CC(=O)Nc1cc(F)ccc1-c1csc(NC(=O)Cc2ccccc2)n1. The second kappa shape index (κ2) is 7.88. The van der Waals surface area contributed by atoms with Crippen molar-refractivity contribution < 1.29 is 14.0 Å². The summed E-state index contributed by atoms with van der Waals surface area (Å²) in [6, 6.07) is 13.5. The second-order valence-corrected chi connectivity index (χ2v) is 6.48. The van der Waals surface area contributed by atoms with Gasteiger partial charge in [-0.25, -0.2) is 9.37 Å². The highest BCUT2D eigenvalue weighted by atomic mass is 32.1. The minimum absolute atomic E-state index is 0.168. The van der Waals surface area contributed by atoms with Gasteiger partial charge < -0.3 is 10.6 Å². The van der Waals surface area contributed by atoms with Gasteiger partial charge in [0.05, 0.1) is 17.8 Å². The number of nitrogens with zero attached hydrogens (tertiary/aromatic N) is 1. The molecule has 0 bridgehead atoms. The number of benzene rings is 2. The molecule has 0 unspecified atom stereocenters. The van der Waals surface area contributed by atoms with Gasteiger partial charge in [-0.15, -0.1) is 11.3 Å². The molecule has 3 aromatic rings. The normalized spacial score (nSPS) is 10.4. The Kier molecular flexibility index (Phi) is 5.38. The molecule has 0 spiro atoms. The Morgan fingerprint density at radius 2 is 1.88 bits per heavy atom. The summed E-state index contributed by atoms with van der Waals surface area (Å²) in [5, 5.41) is 7.54. The summed E-state index contributed by atoms with van der Waals surface area (Å²) < 4.78 is 13.5. The second-order valence-electron chi connectivity index (χ2n) is 5.62. The van der Waals surface area contributed by atoms with Crippen LogP contribution in [-0.4, -0.2) is 16.8 Å². The van der Waals surface area contributed by atoms with E-state index in [1.54, 1.807) is 11.4 Å². The summed E-state index contributed by atoms with van der Waals surface area (Å²) in [5.41, 5.74) is 2.38. The van der Waals surface area contributed by atoms with E-state index < -0.39 is 5.82 Å². The topological polar surface area (TPSA) is 71.1 Å². The van der Waals surface area contributed by atoms with E-state index in [-0.39, 0.29) is 18.2 Å². The number of aromatic nitrogens is 1. The van der Waals surface area contributed by atoms with Crippen LogP contribution in [0.1, 0.15) is 12.5 Å². The molecule has 0 aliphatic heterocycles. The van der Waals surface area contributed by atoms with E-state index in [9.17, 15) is 14.0 Å². The molecule has 0 fully saturated rings. The van der Waals surface area contributed by atoms with Gasteiger partial charge in [0.2, 0.25) is 11.8 Å². The van der Waals surface area contributed by atoms with Crippen LogP contribution in [0.4, 0.5) is 15.2 Å². The molecule has 3 rings (SSSR count). The van der Waals surface area contributed by atoms with E-state index >= 15 is 0 Å². The fourth-order valence-corrected chi connectivity index (χ4v) is 3.16. The van der Waals surface area contributed by atoms with Gasteiger partial charge in [0.15, 0.2) is 5.13 Å². The Morgan fingerprint density at radius 3 is 2.62 bits per heavy atom. The average molecular weight is 369 g/mol. The number of rotatable bonds is 5. The highest BCUT2D eigenvalue weighted by Gasteiger charge is 2.13. The maximum absolute atomic E-state index is 13.5. The molecule has 132 valence electrons. The average Bonchev–Trinajstić information content (AvgIpc) is 3.03. The minimum atomic E-state index is -0.455. The van der Waals surface area contributed by atoms with Gasteiger partial charge in [0.25, 0.3) is 0 Å². The van der Waals surface area contributed by atoms with Crippen LogP contribution in [0, 0.1) is 5.82 Å². The number of hydrogen-bond acceptors (Lipinski definition) is 4. The molecule has 26 heavy (non-hydrogen) atoms. The van der Waals surface area contributed by atoms with E-state index in [0.29, 0.717) is 22.1 Å². The van der Waals surface area contributed by atoms with Crippen molar-refractivity contribution in [2.45, 2.75) is 13.3 Å². The monoisotopic (exact) mass is 369 g/mol. The fourth-order valence-electron chi connectivity index (χ4n) is 2.43. The number of hydrogen-bond donors (Lipinski definition) is 2. The van der Waals surface area contributed by atoms with Crippen molar-refractivity contribution in [2.75, 3.05) is 10.6 Å². The molecule has 7 heteroatoms. The van der Waals surface area contributed by atoms with E-state index in [2.05, 4.69) is 15.6 Å². The van der Waals surface area contributed by atoms with Crippen molar-refractivity contribution >= 4 is 34.0 Å². The van der Waals surface area contributed by atoms with Crippen LogP contribution in [0.3, 0.4) is 0 Å². The number of anilines is 2. The van der Waals surface area contributed by atoms with Crippen LogP contribution in [0.15, 0.2) is 53.9 Å². The minimum Gasteiger partial charge on any atom is -0.326 e. The van der Waals surface area contributed by atoms with Gasteiger partial charge in [-0.05, 0) is 23.8 Å². The Balaban J connectivity index is 1.76. The highest BCUT2D eigenvalue weighted by molar-refractivity contribution is 7.14. The predicted molar refractivity (Wildman–Crippen MR) is 101 cm³/mol. The fraction of sp³-hybridized carbons (Fsp3) is 0.105. The molecule has 0 aliphatic rings. The van der Waals surface area contributed by atoms with Crippen molar-refractivity contribution in [2.24, 2.45) is 0 Å². The standard InChI is InChI=1S/C19H16FN3O2S/c1-12(24)21-16-10-14(20)7-8-15(16)17-11-26-19(22-17)23-18(25)9-13-5-3-2-4-6-13/h2-8,10-11H,9H2,1H3,(H,21,24)(H,22,23,25). The largest absolute Gasteiger partial charge is 0.326 e. The van der Waals surface area contributed by atoms with Gasteiger partial charge in [0.1, 0.15) is 5.82 Å². The third-order valence-electron chi connectivity index (χ3n) is 3.53. The first-order valence-electron chi connectivity index (χ1n) is 7.88. The third kappa shape index (κ3) is 4.52. The number of carbonyl (C=O) groups excluding carboxylic acids is 2. The Hall–Kier alpha value is -3.06. The number of amides is 2. The van der Waals surface area contributed by atoms with Gasteiger partial charge in [0, 0.05) is 17.9 Å². The zero-order chi connectivity index (χ0) is 18.5. The van der Waals surface area contributed by atoms with Crippen LogP contribution >= 0.6 is 11.3 Å². The van der Waals surface area contributed by atoms with Crippen LogP contribution in [0.5, 0.6) is 0 Å². The molecular weight excluding hydrogens is 353 g/mol. The van der Waals surface area contributed by atoms with Crippen molar-refractivity contribution in [1.82, 2.24) is 4.98 Å². The summed E-state index contributed by atoms with van der Waals surface area (Å²) in [6.45, 7) is 1.35. The van der Waals surface area contributed by atoms with Crippen LogP contribution < -0.4 is 10.6 Å². The molecule has 0 saturated carbocycles. The van der Waals surface area contributed by atoms with Gasteiger partial charge in [-0.3, -0.25) is 9.59 Å². The molecule has 1 aromatic heterocycles. The lowest BCUT2D eigenvalue weighted by Crippen LogP contribution is -2.14. The molecule has 0 atom stereocenters. The van der Waals surface area contributed by atoms with Crippen LogP contribution in [0.2, 0.25) is 0 Å². The lowest BCUT2D eigenvalue weighted by atomic mass is 10.1. The molecule has 0 saturated heterocycles. The number of nitrogens with one attached hydrogen (secondary N) is 2. The Morgan fingerprint density at radius 1 is 1.12 bits per heavy atom. The first kappa shape index (κ1) is 17.8. The molecule has 0 aliphatic carbocycles. The maximum Gasteiger partial charge on any atom is 0.230 e. The summed E-state index contributed by atoms with van der Waals surface area (Å²) in [5.74, 6) is -0.925. The smallest absolute Gasteiger partial charge is 0.230 e. The van der Waals surface area contributed by atoms with E-state index in [4.69, 9.17) is 0 Å². The number of carbonyl (C=O) groups is 2. The molecule has 2 N–H and O–H groups in total. The van der Waals surface area contributed by atoms with Crippen molar-refractivity contribution in [1.29, 1.82) is 0 Å². The van der Waals surface area contributed by atoms with Crippen LogP contribution in [0.25, 0.3) is 11.3 Å². The molecule has 5 nitrogen and oxygen atoms in total. The maximum atomic E-state index is 13.5. The predicted octanol–water partition coefficient (Wildman–Crippen LogP) is 4.09.